The Morgan fingerprint density at radius 3 is 2.50 bits per heavy atom. The van der Waals surface area contributed by atoms with Crippen LogP contribution < -0.4 is 10.1 Å². The summed E-state index contributed by atoms with van der Waals surface area (Å²) in [5, 5.41) is 3.58. The van der Waals surface area contributed by atoms with Crippen LogP contribution in [0.1, 0.15) is 50.6 Å². The molecule has 1 atom stereocenters. The quantitative estimate of drug-likeness (QED) is 0.735. The van der Waals surface area contributed by atoms with Crippen LogP contribution >= 0.6 is 0 Å². The van der Waals surface area contributed by atoms with Crippen molar-refractivity contribution in [2.45, 2.75) is 51.2 Å². The van der Waals surface area contributed by atoms with Crippen molar-refractivity contribution in [2.75, 3.05) is 20.3 Å². The number of rotatable bonds is 8. The first kappa shape index (κ1) is 15.3. The first-order chi connectivity index (χ1) is 9.83. The van der Waals surface area contributed by atoms with Gasteiger partial charge in [-0.2, -0.15) is 0 Å². The zero-order valence-electron chi connectivity index (χ0n) is 12.7. The maximum absolute atomic E-state index is 5.89. The molecule has 0 radical (unpaired) electrons. The van der Waals surface area contributed by atoms with Crippen molar-refractivity contribution in [3.05, 3.63) is 29.8 Å². The van der Waals surface area contributed by atoms with Crippen molar-refractivity contribution in [3.8, 4) is 5.75 Å². The number of hydrogen-bond acceptors (Lipinski definition) is 3. The van der Waals surface area contributed by atoms with E-state index in [1.165, 1.54) is 31.2 Å². The van der Waals surface area contributed by atoms with E-state index in [1.807, 2.05) is 12.1 Å². The SMILES string of the molecule is CCC(NCCOC1CCCC1)c1ccc(OC)cc1. The van der Waals surface area contributed by atoms with Crippen LogP contribution in [0.5, 0.6) is 5.75 Å². The maximum atomic E-state index is 5.89. The van der Waals surface area contributed by atoms with Gasteiger partial charge < -0.3 is 14.8 Å². The van der Waals surface area contributed by atoms with Gasteiger partial charge in [-0.1, -0.05) is 31.9 Å². The highest BCUT2D eigenvalue weighted by atomic mass is 16.5. The normalized spacial score (nSPS) is 17.3. The average Bonchev–Trinajstić information content (AvgIpc) is 3.01. The average molecular weight is 277 g/mol. The third kappa shape index (κ3) is 4.50. The lowest BCUT2D eigenvalue weighted by Crippen LogP contribution is -2.26. The molecule has 1 aromatic carbocycles. The van der Waals surface area contributed by atoms with Crippen molar-refractivity contribution >= 4 is 0 Å². The zero-order chi connectivity index (χ0) is 14.2. The van der Waals surface area contributed by atoms with E-state index >= 15 is 0 Å². The van der Waals surface area contributed by atoms with Gasteiger partial charge in [-0.25, -0.2) is 0 Å². The number of benzene rings is 1. The first-order valence-corrected chi connectivity index (χ1v) is 7.82. The highest BCUT2D eigenvalue weighted by Gasteiger charge is 2.15. The predicted molar refractivity (Wildman–Crippen MR) is 82.2 cm³/mol. The first-order valence-electron chi connectivity index (χ1n) is 7.82. The fourth-order valence-electron chi connectivity index (χ4n) is 2.85. The monoisotopic (exact) mass is 277 g/mol. The molecule has 1 fully saturated rings. The van der Waals surface area contributed by atoms with Gasteiger partial charge in [0.15, 0.2) is 0 Å². The topological polar surface area (TPSA) is 30.5 Å². The smallest absolute Gasteiger partial charge is 0.118 e. The molecule has 1 unspecified atom stereocenters. The van der Waals surface area contributed by atoms with E-state index in [2.05, 4.69) is 24.4 Å². The summed E-state index contributed by atoms with van der Waals surface area (Å²) in [7, 11) is 1.70. The minimum Gasteiger partial charge on any atom is -0.497 e. The molecule has 0 bridgehead atoms. The van der Waals surface area contributed by atoms with Crippen LogP contribution in [-0.2, 0) is 4.74 Å². The van der Waals surface area contributed by atoms with E-state index in [9.17, 15) is 0 Å². The van der Waals surface area contributed by atoms with Crippen molar-refractivity contribution in [2.24, 2.45) is 0 Å². The molecule has 0 aromatic heterocycles. The molecular weight excluding hydrogens is 250 g/mol. The molecule has 0 aliphatic heterocycles. The summed E-state index contributed by atoms with van der Waals surface area (Å²) >= 11 is 0. The van der Waals surface area contributed by atoms with E-state index < -0.39 is 0 Å². The van der Waals surface area contributed by atoms with Gasteiger partial charge in [0.1, 0.15) is 5.75 Å². The van der Waals surface area contributed by atoms with Gasteiger partial charge in [0.05, 0.1) is 19.8 Å². The summed E-state index contributed by atoms with van der Waals surface area (Å²) < 4.78 is 11.1. The zero-order valence-corrected chi connectivity index (χ0v) is 12.7. The van der Waals surface area contributed by atoms with Crippen molar-refractivity contribution in [3.63, 3.8) is 0 Å². The van der Waals surface area contributed by atoms with Crippen molar-refractivity contribution in [1.29, 1.82) is 0 Å². The van der Waals surface area contributed by atoms with E-state index in [4.69, 9.17) is 9.47 Å². The van der Waals surface area contributed by atoms with Crippen LogP contribution in [0.25, 0.3) is 0 Å². The second-order valence-corrected chi connectivity index (χ2v) is 5.47. The summed E-state index contributed by atoms with van der Waals surface area (Å²) in [6.07, 6.45) is 6.75. The summed E-state index contributed by atoms with van der Waals surface area (Å²) in [6.45, 7) is 3.94. The fraction of sp³-hybridized carbons (Fsp3) is 0.647. The molecule has 20 heavy (non-hydrogen) atoms. The molecule has 1 aromatic rings. The van der Waals surface area contributed by atoms with Gasteiger partial charge in [-0.3, -0.25) is 0 Å². The number of nitrogens with one attached hydrogen (secondary N) is 1. The molecule has 2 rings (SSSR count). The standard InChI is InChI=1S/C17H27NO2/c1-3-17(14-8-10-15(19-2)11-9-14)18-12-13-20-16-6-4-5-7-16/h8-11,16-18H,3-7,12-13H2,1-2H3. The van der Waals surface area contributed by atoms with E-state index in [-0.39, 0.29) is 0 Å². The van der Waals surface area contributed by atoms with Gasteiger partial charge in [0.25, 0.3) is 0 Å². The van der Waals surface area contributed by atoms with E-state index in [0.717, 1.165) is 25.3 Å². The summed E-state index contributed by atoms with van der Waals surface area (Å²) in [5.41, 5.74) is 1.31. The molecule has 0 heterocycles. The molecule has 112 valence electrons. The van der Waals surface area contributed by atoms with Crippen LogP contribution in [0.2, 0.25) is 0 Å². The fourth-order valence-corrected chi connectivity index (χ4v) is 2.85. The molecular formula is C17H27NO2. The molecule has 0 amide bonds. The van der Waals surface area contributed by atoms with E-state index in [1.54, 1.807) is 7.11 Å². The molecule has 3 nitrogen and oxygen atoms in total. The molecule has 0 saturated heterocycles. The lowest BCUT2D eigenvalue weighted by molar-refractivity contribution is 0.0590. The largest absolute Gasteiger partial charge is 0.497 e. The molecule has 1 N–H and O–H groups in total. The van der Waals surface area contributed by atoms with Crippen molar-refractivity contribution in [1.82, 2.24) is 5.32 Å². The third-order valence-corrected chi connectivity index (χ3v) is 4.07. The van der Waals surface area contributed by atoms with Crippen LogP contribution in [0.15, 0.2) is 24.3 Å². The van der Waals surface area contributed by atoms with Gasteiger partial charge in [0, 0.05) is 12.6 Å². The van der Waals surface area contributed by atoms with Crippen LogP contribution in [0.3, 0.4) is 0 Å². The minimum atomic E-state index is 0.396. The Morgan fingerprint density at radius 2 is 1.90 bits per heavy atom. The van der Waals surface area contributed by atoms with Crippen LogP contribution in [0, 0.1) is 0 Å². The van der Waals surface area contributed by atoms with Crippen LogP contribution in [0.4, 0.5) is 0 Å². The number of methoxy groups -OCH3 is 1. The molecule has 3 heteroatoms. The second kappa shape index (κ2) is 8.28. The highest BCUT2D eigenvalue weighted by Crippen LogP contribution is 2.21. The predicted octanol–water partition coefficient (Wildman–Crippen LogP) is 3.70. The lowest BCUT2D eigenvalue weighted by Gasteiger charge is -2.19. The Hall–Kier alpha value is -1.06. The molecule has 1 aliphatic carbocycles. The van der Waals surface area contributed by atoms with E-state index in [0.29, 0.717) is 12.1 Å². The maximum Gasteiger partial charge on any atom is 0.118 e. The van der Waals surface area contributed by atoms with Gasteiger partial charge in [-0.15, -0.1) is 0 Å². The van der Waals surface area contributed by atoms with Crippen molar-refractivity contribution < 1.29 is 9.47 Å². The Morgan fingerprint density at radius 1 is 1.20 bits per heavy atom. The van der Waals surface area contributed by atoms with Gasteiger partial charge in [0.2, 0.25) is 0 Å². The molecule has 0 spiro atoms. The van der Waals surface area contributed by atoms with Gasteiger partial charge >= 0.3 is 0 Å². The molecule has 1 aliphatic rings. The lowest BCUT2D eigenvalue weighted by atomic mass is 10.0. The molecule has 1 saturated carbocycles. The number of hydrogen-bond donors (Lipinski definition) is 1. The van der Waals surface area contributed by atoms with Crippen LogP contribution in [-0.4, -0.2) is 26.4 Å². The highest BCUT2D eigenvalue weighted by molar-refractivity contribution is 5.29. The second-order valence-electron chi connectivity index (χ2n) is 5.47. The Kier molecular flexibility index (Phi) is 6.34. The summed E-state index contributed by atoms with van der Waals surface area (Å²) in [5.74, 6) is 0.910. The number of ether oxygens (including phenoxy) is 2. The Labute approximate surface area is 122 Å². The third-order valence-electron chi connectivity index (χ3n) is 4.07. The Bertz CT molecular complexity index is 371. The summed E-state index contributed by atoms with van der Waals surface area (Å²) in [4.78, 5) is 0. The van der Waals surface area contributed by atoms with Gasteiger partial charge in [-0.05, 0) is 37.0 Å². The Balaban J connectivity index is 1.73. The summed E-state index contributed by atoms with van der Waals surface area (Å²) in [6, 6.07) is 8.71. The minimum absolute atomic E-state index is 0.396.